The van der Waals surface area contributed by atoms with Crippen molar-refractivity contribution < 1.29 is 33.0 Å². The van der Waals surface area contributed by atoms with E-state index in [1.54, 1.807) is 0 Å². The van der Waals surface area contributed by atoms with Crippen LogP contribution in [0.15, 0.2) is 18.2 Å². The molecule has 3 rings (SSSR count). The molecule has 25 heavy (non-hydrogen) atoms. The van der Waals surface area contributed by atoms with Crippen molar-refractivity contribution in [1.29, 1.82) is 0 Å². The van der Waals surface area contributed by atoms with E-state index >= 15 is 0 Å². The number of rotatable bonds is 3. The minimum atomic E-state index is -1.18. The highest BCUT2D eigenvalue weighted by atomic mass is 19.1. The SMILES string of the molecule is O=C(O)[C@@H]1COCCN1C(=O)[C@@H]1CC(=O)N(c2cc(F)cc(F)c2)C1. The zero-order chi connectivity index (χ0) is 18.1. The van der Waals surface area contributed by atoms with Gasteiger partial charge in [0.25, 0.3) is 0 Å². The number of amides is 2. The van der Waals surface area contributed by atoms with Gasteiger partial charge in [-0.25, -0.2) is 13.6 Å². The first-order valence-corrected chi connectivity index (χ1v) is 7.74. The molecular formula is C16H16F2N2O5. The smallest absolute Gasteiger partial charge is 0.328 e. The number of benzene rings is 1. The van der Waals surface area contributed by atoms with Crippen molar-refractivity contribution in [2.75, 3.05) is 31.2 Å². The average molecular weight is 354 g/mol. The standard InChI is InChI=1S/C16H16F2N2O5/c17-10-4-11(18)6-12(5-10)20-7-9(3-14(20)21)15(22)19-1-2-25-8-13(19)16(23)24/h4-6,9,13H,1-3,7-8H2,(H,23,24)/t9-,13+/m1/s1. The lowest BCUT2D eigenvalue weighted by atomic mass is 10.1. The summed E-state index contributed by atoms with van der Waals surface area (Å²) in [5.74, 6) is -4.50. The summed E-state index contributed by atoms with van der Waals surface area (Å²) in [4.78, 5) is 38.4. The van der Waals surface area contributed by atoms with Crippen LogP contribution in [0.3, 0.4) is 0 Å². The van der Waals surface area contributed by atoms with Gasteiger partial charge in [-0.1, -0.05) is 0 Å². The molecule has 7 nitrogen and oxygen atoms in total. The Hall–Kier alpha value is -2.55. The minimum absolute atomic E-state index is 0.0366. The van der Waals surface area contributed by atoms with Crippen LogP contribution in [-0.4, -0.2) is 60.1 Å². The predicted molar refractivity (Wildman–Crippen MR) is 80.8 cm³/mol. The molecule has 2 heterocycles. The van der Waals surface area contributed by atoms with Gasteiger partial charge >= 0.3 is 5.97 Å². The van der Waals surface area contributed by atoms with E-state index in [0.717, 1.165) is 17.0 Å². The molecule has 0 saturated carbocycles. The van der Waals surface area contributed by atoms with E-state index in [4.69, 9.17) is 4.74 Å². The van der Waals surface area contributed by atoms with Crippen LogP contribution in [0.2, 0.25) is 0 Å². The third kappa shape index (κ3) is 3.46. The van der Waals surface area contributed by atoms with Gasteiger partial charge < -0.3 is 19.6 Å². The summed E-state index contributed by atoms with van der Waals surface area (Å²) in [6.07, 6.45) is -0.138. The summed E-state index contributed by atoms with van der Waals surface area (Å²) in [7, 11) is 0. The van der Waals surface area contributed by atoms with Crippen LogP contribution in [0.1, 0.15) is 6.42 Å². The Morgan fingerprint density at radius 3 is 2.52 bits per heavy atom. The average Bonchev–Trinajstić information content (AvgIpc) is 2.95. The lowest BCUT2D eigenvalue weighted by Gasteiger charge is -2.34. The van der Waals surface area contributed by atoms with Crippen molar-refractivity contribution in [1.82, 2.24) is 4.90 Å². The second-order valence-electron chi connectivity index (χ2n) is 5.99. The Balaban J connectivity index is 1.77. The van der Waals surface area contributed by atoms with Gasteiger partial charge in [-0.05, 0) is 12.1 Å². The van der Waals surface area contributed by atoms with Crippen molar-refractivity contribution >= 4 is 23.5 Å². The third-order valence-corrected chi connectivity index (χ3v) is 4.33. The normalized spacial score (nSPS) is 23.8. The highest BCUT2D eigenvalue weighted by Gasteiger charge is 2.41. The summed E-state index contributed by atoms with van der Waals surface area (Å²) in [6, 6.07) is 1.63. The molecule has 9 heteroatoms. The first kappa shape index (κ1) is 17.3. The summed E-state index contributed by atoms with van der Waals surface area (Å²) in [6.45, 7) is 0.176. The first-order chi connectivity index (χ1) is 11.9. The molecule has 0 aliphatic carbocycles. The molecule has 0 spiro atoms. The molecule has 1 aromatic carbocycles. The van der Waals surface area contributed by atoms with Gasteiger partial charge in [0.1, 0.15) is 11.6 Å². The molecule has 1 aromatic rings. The van der Waals surface area contributed by atoms with E-state index in [2.05, 4.69) is 0 Å². The maximum Gasteiger partial charge on any atom is 0.328 e. The Morgan fingerprint density at radius 1 is 1.20 bits per heavy atom. The quantitative estimate of drug-likeness (QED) is 0.860. The molecule has 1 N–H and O–H groups in total. The minimum Gasteiger partial charge on any atom is -0.480 e. The molecule has 0 aromatic heterocycles. The number of carboxylic acid groups (broad SMARTS) is 1. The second kappa shape index (κ2) is 6.75. The zero-order valence-corrected chi connectivity index (χ0v) is 13.2. The second-order valence-corrected chi connectivity index (χ2v) is 5.99. The molecule has 134 valence electrons. The number of aliphatic carboxylic acids is 1. The summed E-state index contributed by atoms with van der Waals surface area (Å²) in [5.41, 5.74) is 0.0366. The fourth-order valence-corrected chi connectivity index (χ4v) is 3.12. The molecule has 2 aliphatic heterocycles. The van der Waals surface area contributed by atoms with Crippen molar-refractivity contribution in [3.05, 3.63) is 29.8 Å². The van der Waals surface area contributed by atoms with Crippen LogP contribution in [0, 0.1) is 17.6 Å². The van der Waals surface area contributed by atoms with Crippen molar-refractivity contribution in [3.63, 3.8) is 0 Å². The molecule has 2 aliphatic rings. The van der Waals surface area contributed by atoms with E-state index in [0.29, 0.717) is 6.07 Å². The number of nitrogens with zero attached hydrogens (tertiary/aromatic N) is 2. The van der Waals surface area contributed by atoms with Gasteiger partial charge in [-0.15, -0.1) is 0 Å². The zero-order valence-electron chi connectivity index (χ0n) is 13.2. The van der Waals surface area contributed by atoms with Crippen molar-refractivity contribution in [2.45, 2.75) is 12.5 Å². The number of morpholine rings is 1. The van der Waals surface area contributed by atoms with Gasteiger partial charge in [-0.2, -0.15) is 0 Å². The Labute approximate surface area is 141 Å². The fraction of sp³-hybridized carbons (Fsp3) is 0.438. The Bertz CT molecular complexity index is 706. The van der Waals surface area contributed by atoms with E-state index in [-0.39, 0.29) is 38.4 Å². The Kier molecular flexibility index (Phi) is 4.67. The highest BCUT2D eigenvalue weighted by Crippen LogP contribution is 2.28. The van der Waals surface area contributed by atoms with Gasteiger partial charge in [0.15, 0.2) is 6.04 Å². The van der Waals surface area contributed by atoms with Crippen LogP contribution in [0.25, 0.3) is 0 Å². The third-order valence-electron chi connectivity index (χ3n) is 4.33. The first-order valence-electron chi connectivity index (χ1n) is 7.74. The lowest BCUT2D eigenvalue weighted by Crippen LogP contribution is -2.54. The predicted octanol–water partition coefficient (Wildman–Crippen LogP) is 0.630. The molecule has 2 fully saturated rings. The molecule has 0 bridgehead atoms. The molecule has 2 saturated heterocycles. The van der Waals surface area contributed by atoms with Crippen LogP contribution >= 0.6 is 0 Å². The van der Waals surface area contributed by atoms with Crippen LogP contribution in [-0.2, 0) is 19.1 Å². The van der Waals surface area contributed by atoms with Gasteiger partial charge in [-0.3, -0.25) is 9.59 Å². The monoisotopic (exact) mass is 354 g/mol. The topological polar surface area (TPSA) is 87.1 Å². The molecule has 2 amide bonds. The molecular weight excluding hydrogens is 338 g/mol. The maximum atomic E-state index is 13.4. The summed E-state index contributed by atoms with van der Waals surface area (Å²) < 4.78 is 31.8. The number of carbonyl (C=O) groups is 3. The number of ether oxygens (including phenoxy) is 1. The van der Waals surface area contributed by atoms with E-state index in [1.807, 2.05) is 0 Å². The molecule has 0 radical (unpaired) electrons. The largest absolute Gasteiger partial charge is 0.480 e. The summed E-state index contributed by atoms with van der Waals surface area (Å²) >= 11 is 0. The van der Waals surface area contributed by atoms with Crippen molar-refractivity contribution in [2.24, 2.45) is 5.92 Å². The van der Waals surface area contributed by atoms with Crippen molar-refractivity contribution in [3.8, 4) is 0 Å². The van der Waals surface area contributed by atoms with Gasteiger partial charge in [0.05, 0.1) is 19.1 Å². The molecule has 2 atom stereocenters. The Morgan fingerprint density at radius 2 is 1.88 bits per heavy atom. The number of carbonyl (C=O) groups excluding carboxylic acids is 2. The van der Waals surface area contributed by atoms with Gasteiger partial charge in [0, 0.05) is 31.3 Å². The van der Waals surface area contributed by atoms with Crippen LogP contribution in [0.5, 0.6) is 0 Å². The van der Waals surface area contributed by atoms with E-state index < -0.39 is 41.4 Å². The van der Waals surface area contributed by atoms with E-state index in [9.17, 15) is 28.3 Å². The van der Waals surface area contributed by atoms with Gasteiger partial charge in [0.2, 0.25) is 11.8 Å². The molecule has 0 unspecified atom stereocenters. The lowest BCUT2D eigenvalue weighted by molar-refractivity contribution is -0.160. The highest BCUT2D eigenvalue weighted by molar-refractivity contribution is 6.00. The number of carboxylic acids is 1. The number of hydrogen-bond acceptors (Lipinski definition) is 4. The number of halogens is 2. The van der Waals surface area contributed by atoms with Crippen LogP contribution < -0.4 is 4.90 Å². The summed E-state index contributed by atoms with van der Waals surface area (Å²) in [5, 5.41) is 9.21. The fourth-order valence-electron chi connectivity index (χ4n) is 3.12. The number of anilines is 1. The maximum absolute atomic E-state index is 13.4. The number of hydrogen-bond donors (Lipinski definition) is 1. The van der Waals surface area contributed by atoms with E-state index in [1.165, 1.54) is 4.90 Å². The van der Waals surface area contributed by atoms with Crippen LogP contribution in [0.4, 0.5) is 14.5 Å².